The third-order valence-electron chi connectivity index (χ3n) is 1.98. The van der Waals surface area contributed by atoms with Gasteiger partial charge in [0.2, 0.25) is 0 Å². The second-order valence-corrected chi connectivity index (χ2v) is 4.47. The Hall–Kier alpha value is -0.800. The maximum absolute atomic E-state index is 11.8. The average molecular weight is 361 g/mol. The SMILES string of the molecule is O=c1[nH]cnc(NCCCCC(F)(F)F)c1I. The van der Waals surface area contributed by atoms with Crippen LogP contribution in [0.5, 0.6) is 0 Å². The van der Waals surface area contributed by atoms with E-state index in [4.69, 9.17) is 0 Å². The van der Waals surface area contributed by atoms with Crippen LogP contribution in [0.3, 0.4) is 0 Å². The molecule has 1 rings (SSSR count). The summed E-state index contributed by atoms with van der Waals surface area (Å²) < 4.78 is 35.9. The van der Waals surface area contributed by atoms with Crippen LogP contribution in [0.1, 0.15) is 19.3 Å². The molecule has 0 unspecified atom stereocenters. The Morgan fingerprint density at radius 2 is 2.12 bits per heavy atom. The van der Waals surface area contributed by atoms with Crippen molar-refractivity contribution < 1.29 is 13.2 Å². The zero-order valence-corrected chi connectivity index (χ0v) is 10.9. The normalized spacial score (nSPS) is 11.5. The molecule has 8 heteroatoms. The highest BCUT2D eigenvalue weighted by Crippen LogP contribution is 2.22. The summed E-state index contributed by atoms with van der Waals surface area (Å²) in [4.78, 5) is 17.5. The Bertz CT molecular complexity index is 419. The van der Waals surface area contributed by atoms with Crippen LogP contribution in [0.4, 0.5) is 19.0 Å². The Morgan fingerprint density at radius 3 is 2.76 bits per heavy atom. The predicted molar refractivity (Wildman–Crippen MR) is 66.0 cm³/mol. The minimum atomic E-state index is -4.10. The molecule has 2 N–H and O–H groups in total. The van der Waals surface area contributed by atoms with Crippen LogP contribution in [0.15, 0.2) is 11.1 Å². The molecule has 0 saturated carbocycles. The highest BCUT2D eigenvalue weighted by molar-refractivity contribution is 14.1. The number of alkyl halides is 3. The second-order valence-electron chi connectivity index (χ2n) is 3.39. The number of anilines is 1. The van der Waals surface area contributed by atoms with Crippen molar-refractivity contribution in [3.63, 3.8) is 0 Å². The third-order valence-corrected chi connectivity index (χ3v) is 2.98. The fraction of sp³-hybridized carbons (Fsp3) is 0.556. The molecular weight excluding hydrogens is 350 g/mol. The van der Waals surface area contributed by atoms with E-state index in [1.165, 1.54) is 6.33 Å². The molecule has 4 nitrogen and oxygen atoms in total. The molecule has 17 heavy (non-hydrogen) atoms. The van der Waals surface area contributed by atoms with Gasteiger partial charge in [-0.1, -0.05) is 0 Å². The number of hydrogen-bond acceptors (Lipinski definition) is 3. The summed E-state index contributed by atoms with van der Waals surface area (Å²) in [5, 5.41) is 2.83. The zero-order valence-electron chi connectivity index (χ0n) is 8.77. The minimum absolute atomic E-state index is 0.0657. The van der Waals surface area contributed by atoms with E-state index in [9.17, 15) is 18.0 Å². The molecule has 0 bridgehead atoms. The lowest BCUT2D eigenvalue weighted by Gasteiger charge is -2.07. The van der Waals surface area contributed by atoms with Gasteiger partial charge in [0.15, 0.2) is 0 Å². The standard InChI is InChI=1S/C9H11F3IN3O/c10-9(11,12)3-1-2-4-14-7-6(13)8(17)16-5-15-7/h5H,1-4H2,(H2,14,15,16,17). The van der Waals surface area contributed by atoms with Gasteiger partial charge in [0.1, 0.15) is 9.39 Å². The molecule has 0 aliphatic carbocycles. The van der Waals surface area contributed by atoms with Gasteiger partial charge < -0.3 is 10.3 Å². The molecule has 0 aliphatic heterocycles. The summed E-state index contributed by atoms with van der Waals surface area (Å²) >= 11 is 1.83. The largest absolute Gasteiger partial charge is 0.389 e. The van der Waals surface area contributed by atoms with Gasteiger partial charge in [0, 0.05) is 13.0 Å². The summed E-state index contributed by atoms with van der Waals surface area (Å²) in [7, 11) is 0. The lowest BCUT2D eigenvalue weighted by molar-refractivity contribution is -0.135. The fourth-order valence-corrected chi connectivity index (χ4v) is 1.65. The van der Waals surface area contributed by atoms with Gasteiger partial charge in [-0.25, -0.2) is 4.98 Å². The Labute approximate surface area is 109 Å². The van der Waals surface area contributed by atoms with Crippen LogP contribution in [-0.4, -0.2) is 22.7 Å². The number of halogens is 4. The lowest BCUT2D eigenvalue weighted by atomic mass is 10.2. The Morgan fingerprint density at radius 1 is 1.41 bits per heavy atom. The van der Waals surface area contributed by atoms with Crippen LogP contribution in [-0.2, 0) is 0 Å². The van der Waals surface area contributed by atoms with Crippen LogP contribution in [0.2, 0.25) is 0 Å². The first-order valence-corrected chi connectivity index (χ1v) is 6.02. The first kappa shape index (κ1) is 14.3. The van der Waals surface area contributed by atoms with E-state index in [0.29, 0.717) is 22.4 Å². The molecule has 0 atom stereocenters. The van der Waals surface area contributed by atoms with Crippen molar-refractivity contribution in [2.45, 2.75) is 25.4 Å². The first-order chi connectivity index (χ1) is 7.90. The number of H-pyrrole nitrogens is 1. The van der Waals surface area contributed by atoms with Crippen molar-refractivity contribution in [1.82, 2.24) is 9.97 Å². The maximum atomic E-state index is 11.8. The molecule has 0 amide bonds. The van der Waals surface area contributed by atoms with Crippen LogP contribution in [0, 0.1) is 3.57 Å². The molecule has 0 saturated heterocycles. The number of nitrogens with zero attached hydrogens (tertiary/aromatic N) is 1. The summed E-state index contributed by atoms with van der Waals surface area (Å²) in [5.74, 6) is 0.404. The van der Waals surface area contributed by atoms with Crippen LogP contribution in [0.25, 0.3) is 0 Å². The van der Waals surface area contributed by atoms with E-state index in [-0.39, 0.29) is 12.0 Å². The van der Waals surface area contributed by atoms with E-state index in [1.807, 2.05) is 22.6 Å². The molecule has 0 aromatic carbocycles. The molecular formula is C9H11F3IN3O. The number of unbranched alkanes of at least 4 members (excludes halogenated alkanes) is 1. The van der Waals surface area contributed by atoms with Gasteiger partial charge in [0.25, 0.3) is 5.56 Å². The third kappa shape index (κ3) is 5.37. The van der Waals surface area contributed by atoms with E-state index < -0.39 is 12.6 Å². The topological polar surface area (TPSA) is 57.8 Å². The quantitative estimate of drug-likeness (QED) is 0.626. The molecule has 1 aromatic rings. The molecule has 0 fully saturated rings. The van der Waals surface area contributed by atoms with Gasteiger partial charge in [-0.2, -0.15) is 13.2 Å². The highest BCUT2D eigenvalue weighted by atomic mass is 127. The van der Waals surface area contributed by atoms with Gasteiger partial charge in [-0.15, -0.1) is 0 Å². The highest BCUT2D eigenvalue weighted by Gasteiger charge is 2.25. The predicted octanol–water partition coefficient (Wildman–Crippen LogP) is 2.52. The Balaban J connectivity index is 2.32. The van der Waals surface area contributed by atoms with Crippen LogP contribution >= 0.6 is 22.6 Å². The van der Waals surface area contributed by atoms with Gasteiger partial charge >= 0.3 is 6.18 Å². The lowest BCUT2D eigenvalue weighted by Crippen LogP contribution is -2.15. The van der Waals surface area contributed by atoms with Gasteiger partial charge in [0.05, 0.1) is 6.33 Å². The van der Waals surface area contributed by atoms with Crippen molar-refractivity contribution in [2.75, 3.05) is 11.9 Å². The fourth-order valence-electron chi connectivity index (χ4n) is 1.16. The number of aromatic nitrogens is 2. The maximum Gasteiger partial charge on any atom is 0.389 e. The number of hydrogen-bond donors (Lipinski definition) is 2. The van der Waals surface area contributed by atoms with Gasteiger partial charge in [-0.3, -0.25) is 4.79 Å². The minimum Gasteiger partial charge on any atom is -0.369 e. The number of nitrogens with one attached hydrogen (secondary N) is 2. The summed E-state index contributed by atoms with van der Waals surface area (Å²) in [6.45, 7) is 0.364. The van der Waals surface area contributed by atoms with Crippen LogP contribution < -0.4 is 10.9 Å². The molecule has 96 valence electrons. The van der Waals surface area contributed by atoms with Gasteiger partial charge in [-0.05, 0) is 35.4 Å². The van der Waals surface area contributed by atoms with Crippen molar-refractivity contribution in [3.05, 3.63) is 20.3 Å². The summed E-state index contributed by atoms with van der Waals surface area (Å²) in [6, 6.07) is 0. The molecule has 0 spiro atoms. The zero-order chi connectivity index (χ0) is 12.9. The van der Waals surface area contributed by atoms with Crippen molar-refractivity contribution in [1.29, 1.82) is 0 Å². The smallest absolute Gasteiger partial charge is 0.369 e. The molecule has 0 radical (unpaired) electrons. The summed E-state index contributed by atoms with van der Waals surface area (Å²) in [5.41, 5.74) is -0.265. The molecule has 1 aromatic heterocycles. The average Bonchev–Trinajstić information content (AvgIpc) is 2.22. The second kappa shape index (κ2) is 6.22. The molecule has 0 aliphatic rings. The first-order valence-electron chi connectivity index (χ1n) is 4.94. The van der Waals surface area contributed by atoms with Crippen molar-refractivity contribution >= 4 is 28.4 Å². The van der Waals surface area contributed by atoms with E-state index >= 15 is 0 Å². The number of rotatable bonds is 5. The van der Waals surface area contributed by atoms with Crippen molar-refractivity contribution in [2.24, 2.45) is 0 Å². The van der Waals surface area contributed by atoms with Crippen molar-refractivity contribution in [3.8, 4) is 0 Å². The van der Waals surface area contributed by atoms with E-state index in [2.05, 4.69) is 15.3 Å². The van der Waals surface area contributed by atoms with E-state index in [0.717, 1.165) is 0 Å². The Kier molecular flexibility index (Phi) is 5.22. The number of aromatic amines is 1. The summed E-state index contributed by atoms with van der Waals surface area (Å²) in [6.07, 6.45) is -3.19. The molecule has 1 heterocycles. The van der Waals surface area contributed by atoms with E-state index in [1.54, 1.807) is 0 Å². The monoisotopic (exact) mass is 361 g/mol.